The van der Waals surface area contributed by atoms with E-state index in [0.717, 1.165) is 12.8 Å². The fourth-order valence-corrected chi connectivity index (χ4v) is 1.82. The zero-order valence-electron chi connectivity index (χ0n) is 10.3. The van der Waals surface area contributed by atoms with Gasteiger partial charge in [-0.05, 0) is 12.8 Å². The van der Waals surface area contributed by atoms with Crippen LogP contribution < -0.4 is 10.8 Å². The van der Waals surface area contributed by atoms with Crippen LogP contribution in [0.25, 0.3) is 0 Å². The maximum Gasteiger partial charge on any atom is 0.338 e. The molecule has 0 heterocycles. The molecule has 18 heavy (non-hydrogen) atoms. The molecule has 0 radical (unpaired) electrons. The minimum absolute atomic E-state index is 0.312. The number of amides is 2. The maximum absolute atomic E-state index is 11.1. The standard InChI is InChI=1S/C11H20N2O5/c14-10(15)8-18-13-11(16)12-6-7-17-9-4-2-1-3-5-9/h9H,1-8H2,(H,14,15)(H2,12,13,16). The van der Waals surface area contributed by atoms with E-state index in [0.29, 0.717) is 19.3 Å². The van der Waals surface area contributed by atoms with Crippen LogP contribution in [0.2, 0.25) is 0 Å². The molecule has 0 saturated heterocycles. The van der Waals surface area contributed by atoms with E-state index in [1.54, 1.807) is 0 Å². The number of hydrogen-bond acceptors (Lipinski definition) is 4. The second kappa shape index (κ2) is 8.71. The monoisotopic (exact) mass is 260 g/mol. The number of rotatable bonds is 7. The first-order chi connectivity index (χ1) is 8.68. The van der Waals surface area contributed by atoms with E-state index in [2.05, 4.69) is 10.2 Å². The molecule has 0 unspecified atom stereocenters. The lowest BCUT2D eigenvalue weighted by Crippen LogP contribution is -2.38. The van der Waals surface area contributed by atoms with Crippen molar-refractivity contribution in [3.63, 3.8) is 0 Å². The van der Waals surface area contributed by atoms with Crippen LogP contribution >= 0.6 is 0 Å². The minimum atomic E-state index is -1.14. The molecule has 2 amide bonds. The molecule has 0 atom stereocenters. The quantitative estimate of drug-likeness (QED) is 0.461. The Kier molecular flexibility index (Phi) is 7.12. The van der Waals surface area contributed by atoms with Gasteiger partial charge in [-0.1, -0.05) is 19.3 Å². The number of carbonyl (C=O) groups is 2. The number of aliphatic carboxylic acids is 1. The van der Waals surface area contributed by atoms with Crippen LogP contribution in [0.5, 0.6) is 0 Å². The summed E-state index contributed by atoms with van der Waals surface area (Å²) >= 11 is 0. The number of carboxylic acid groups (broad SMARTS) is 1. The predicted molar refractivity (Wildman–Crippen MR) is 62.9 cm³/mol. The van der Waals surface area contributed by atoms with Gasteiger partial charge >= 0.3 is 12.0 Å². The van der Waals surface area contributed by atoms with Gasteiger partial charge in [0.15, 0.2) is 6.61 Å². The summed E-state index contributed by atoms with van der Waals surface area (Å²) in [5.74, 6) is -1.14. The molecule has 7 heteroatoms. The largest absolute Gasteiger partial charge is 0.479 e. The highest BCUT2D eigenvalue weighted by Gasteiger charge is 2.13. The van der Waals surface area contributed by atoms with Crippen molar-refractivity contribution in [1.82, 2.24) is 10.8 Å². The van der Waals surface area contributed by atoms with Crippen LogP contribution in [-0.4, -0.2) is 43.0 Å². The van der Waals surface area contributed by atoms with E-state index >= 15 is 0 Å². The molecule has 1 aliphatic rings. The molecule has 0 aromatic rings. The smallest absolute Gasteiger partial charge is 0.338 e. The van der Waals surface area contributed by atoms with E-state index in [4.69, 9.17) is 9.84 Å². The normalized spacial score (nSPS) is 16.2. The van der Waals surface area contributed by atoms with E-state index in [-0.39, 0.29) is 0 Å². The summed E-state index contributed by atoms with van der Waals surface area (Å²) in [5, 5.41) is 10.8. The molecular weight excluding hydrogens is 240 g/mol. The molecule has 0 bridgehead atoms. The highest BCUT2D eigenvalue weighted by molar-refractivity contribution is 5.73. The second-order valence-electron chi connectivity index (χ2n) is 4.17. The summed E-state index contributed by atoms with van der Waals surface area (Å²) in [5.41, 5.74) is 1.97. The highest BCUT2D eigenvalue weighted by Crippen LogP contribution is 2.19. The summed E-state index contributed by atoms with van der Waals surface area (Å²) in [6, 6.07) is -0.566. The molecule has 0 aliphatic heterocycles. The van der Waals surface area contributed by atoms with Crippen LogP contribution in [-0.2, 0) is 14.4 Å². The van der Waals surface area contributed by atoms with Crippen molar-refractivity contribution in [3.8, 4) is 0 Å². The average molecular weight is 260 g/mol. The minimum Gasteiger partial charge on any atom is -0.479 e. The van der Waals surface area contributed by atoms with Gasteiger partial charge in [0.05, 0.1) is 12.7 Å². The first-order valence-electron chi connectivity index (χ1n) is 6.17. The van der Waals surface area contributed by atoms with E-state index in [1.165, 1.54) is 19.3 Å². The Hall–Kier alpha value is -1.34. The molecule has 1 rings (SSSR count). The molecule has 0 aromatic heterocycles. The predicted octanol–water partition coefficient (Wildman–Crippen LogP) is 0.651. The van der Waals surface area contributed by atoms with Crippen LogP contribution in [0, 0.1) is 0 Å². The Bertz CT molecular complexity index is 266. The van der Waals surface area contributed by atoms with Gasteiger partial charge in [0.25, 0.3) is 0 Å². The van der Waals surface area contributed by atoms with Gasteiger partial charge < -0.3 is 15.2 Å². The Labute approximate surface area is 106 Å². The third kappa shape index (κ3) is 7.08. The summed E-state index contributed by atoms with van der Waals surface area (Å²) in [6.07, 6.45) is 6.19. The average Bonchev–Trinajstić information content (AvgIpc) is 2.35. The second-order valence-corrected chi connectivity index (χ2v) is 4.17. The van der Waals surface area contributed by atoms with Crippen LogP contribution in [0.3, 0.4) is 0 Å². The lowest BCUT2D eigenvalue weighted by molar-refractivity contribution is -0.144. The number of ether oxygens (including phenoxy) is 1. The Morgan fingerprint density at radius 1 is 1.22 bits per heavy atom. The van der Waals surface area contributed by atoms with Gasteiger partial charge in [0, 0.05) is 6.54 Å². The fraction of sp³-hybridized carbons (Fsp3) is 0.818. The highest BCUT2D eigenvalue weighted by atomic mass is 16.7. The van der Waals surface area contributed by atoms with Crippen molar-refractivity contribution in [2.45, 2.75) is 38.2 Å². The van der Waals surface area contributed by atoms with Crippen LogP contribution in [0.15, 0.2) is 0 Å². The third-order valence-electron chi connectivity index (χ3n) is 2.65. The number of hydroxylamine groups is 1. The molecule has 0 spiro atoms. The Balaban J connectivity index is 1.93. The van der Waals surface area contributed by atoms with Crippen molar-refractivity contribution in [2.75, 3.05) is 19.8 Å². The molecule has 104 valence electrons. The number of carbonyl (C=O) groups excluding carboxylic acids is 1. The molecule has 1 aliphatic carbocycles. The third-order valence-corrected chi connectivity index (χ3v) is 2.65. The fourth-order valence-electron chi connectivity index (χ4n) is 1.82. The zero-order valence-corrected chi connectivity index (χ0v) is 10.3. The summed E-state index contributed by atoms with van der Waals surface area (Å²) in [7, 11) is 0. The number of nitrogens with one attached hydrogen (secondary N) is 2. The van der Waals surface area contributed by atoms with Gasteiger partial charge in [0.1, 0.15) is 0 Å². The van der Waals surface area contributed by atoms with Gasteiger partial charge in [-0.3, -0.25) is 4.84 Å². The van der Waals surface area contributed by atoms with E-state index in [9.17, 15) is 9.59 Å². The SMILES string of the molecule is O=C(O)CONC(=O)NCCOC1CCCCC1. The van der Waals surface area contributed by atoms with Crippen LogP contribution in [0.1, 0.15) is 32.1 Å². The summed E-state index contributed by atoms with van der Waals surface area (Å²) in [4.78, 5) is 25.6. The van der Waals surface area contributed by atoms with Crippen molar-refractivity contribution in [2.24, 2.45) is 0 Å². The van der Waals surface area contributed by atoms with Crippen molar-refractivity contribution >= 4 is 12.0 Å². The van der Waals surface area contributed by atoms with Crippen molar-refractivity contribution in [3.05, 3.63) is 0 Å². The number of hydrogen-bond donors (Lipinski definition) is 3. The van der Waals surface area contributed by atoms with Gasteiger partial charge in [-0.15, -0.1) is 0 Å². The zero-order chi connectivity index (χ0) is 13.2. The first-order valence-corrected chi connectivity index (χ1v) is 6.17. The van der Waals surface area contributed by atoms with Crippen molar-refractivity contribution in [1.29, 1.82) is 0 Å². The van der Waals surface area contributed by atoms with Crippen molar-refractivity contribution < 1.29 is 24.3 Å². The molecule has 1 saturated carbocycles. The molecule has 1 fully saturated rings. The van der Waals surface area contributed by atoms with Gasteiger partial charge in [0.2, 0.25) is 0 Å². The Morgan fingerprint density at radius 3 is 2.61 bits per heavy atom. The lowest BCUT2D eigenvalue weighted by atomic mass is 9.98. The number of carboxylic acids is 1. The van der Waals surface area contributed by atoms with Gasteiger partial charge in [-0.2, -0.15) is 0 Å². The Morgan fingerprint density at radius 2 is 1.94 bits per heavy atom. The first kappa shape index (κ1) is 14.7. The van der Waals surface area contributed by atoms with E-state index in [1.807, 2.05) is 5.48 Å². The van der Waals surface area contributed by atoms with E-state index < -0.39 is 18.6 Å². The maximum atomic E-state index is 11.1. The molecule has 3 N–H and O–H groups in total. The van der Waals surface area contributed by atoms with Gasteiger partial charge in [-0.25, -0.2) is 15.1 Å². The summed E-state index contributed by atoms with van der Waals surface area (Å²) < 4.78 is 5.60. The molecular formula is C11H20N2O5. The van der Waals surface area contributed by atoms with Crippen LogP contribution in [0.4, 0.5) is 4.79 Å². The number of urea groups is 1. The topological polar surface area (TPSA) is 96.9 Å². The lowest BCUT2D eigenvalue weighted by Gasteiger charge is -2.21. The molecule has 7 nitrogen and oxygen atoms in total. The summed E-state index contributed by atoms with van der Waals surface area (Å²) in [6.45, 7) is 0.266. The molecule has 0 aromatic carbocycles.